The van der Waals surface area contributed by atoms with Crippen LogP contribution < -0.4 is 0 Å². The van der Waals surface area contributed by atoms with E-state index in [-0.39, 0.29) is 36.2 Å². The first-order valence-electron chi connectivity index (χ1n) is 21.8. The van der Waals surface area contributed by atoms with E-state index in [2.05, 4.69) is 111 Å². The van der Waals surface area contributed by atoms with Crippen molar-refractivity contribution in [2.45, 2.75) is 154 Å². The third kappa shape index (κ3) is 37.6. The Morgan fingerprint density at radius 1 is 0.526 bits per heavy atom. The summed E-state index contributed by atoms with van der Waals surface area (Å²) in [5.41, 5.74) is 0. The Labute approximate surface area is 347 Å². The van der Waals surface area contributed by atoms with Gasteiger partial charge in [-0.3, -0.25) is 9.59 Å². The highest BCUT2D eigenvalue weighted by Gasteiger charge is 2.31. The molecule has 0 spiro atoms. The summed E-state index contributed by atoms with van der Waals surface area (Å²) in [7, 11) is 5.49. The molecular formula is C49H80NO7+. The fourth-order valence-corrected chi connectivity index (χ4v) is 5.66. The van der Waals surface area contributed by atoms with Crippen LogP contribution in [0, 0.1) is 0 Å². The van der Waals surface area contributed by atoms with E-state index in [9.17, 15) is 19.5 Å². The minimum atomic E-state index is -0.889. The summed E-state index contributed by atoms with van der Waals surface area (Å²) in [6, 6.07) is -0.629. The molecule has 0 aliphatic carbocycles. The number of carboxylic acid groups (broad SMARTS) is 1. The number of rotatable bonds is 37. The van der Waals surface area contributed by atoms with Gasteiger partial charge < -0.3 is 23.8 Å². The maximum atomic E-state index is 12.7. The predicted octanol–water partition coefficient (Wildman–Crippen LogP) is 11.9. The molecule has 57 heavy (non-hydrogen) atoms. The van der Waals surface area contributed by atoms with Gasteiger partial charge in [-0.05, 0) is 89.9 Å². The largest absolute Gasteiger partial charge is 0.477 e. The topological polar surface area (TPSA) is 99.1 Å². The highest BCUT2D eigenvalue weighted by atomic mass is 16.6. The van der Waals surface area contributed by atoms with Gasteiger partial charge in [0.15, 0.2) is 12.1 Å². The molecule has 2 unspecified atom stereocenters. The monoisotopic (exact) mass is 795 g/mol. The molecule has 0 fully saturated rings. The van der Waals surface area contributed by atoms with E-state index in [1.165, 1.54) is 0 Å². The Kier molecular flexibility index (Phi) is 36.5. The first-order chi connectivity index (χ1) is 27.6. The first-order valence-corrected chi connectivity index (χ1v) is 21.8. The molecular weight excluding hydrogens is 715 g/mol. The number of quaternary nitrogens is 1. The molecule has 0 heterocycles. The second-order valence-electron chi connectivity index (χ2n) is 15.2. The molecule has 0 aliphatic heterocycles. The SMILES string of the molecule is CC/C=C/C/C=C/C/C=C/C/C=C/C/C=C/C/C=C/CCCCC(=O)OCC(COCCC(C(=O)O)[N+](C)(C)C)OC(=O)CCCCCCC/C=C/C/C=C/CC. The van der Waals surface area contributed by atoms with Gasteiger partial charge in [0.2, 0.25) is 0 Å². The second kappa shape index (κ2) is 39.1. The van der Waals surface area contributed by atoms with Gasteiger partial charge in [-0.1, -0.05) is 130 Å². The van der Waals surface area contributed by atoms with Gasteiger partial charge in [0.1, 0.15) is 6.61 Å². The number of esters is 2. The molecule has 1 N–H and O–H groups in total. The van der Waals surface area contributed by atoms with E-state index in [0.29, 0.717) is 25.7 Å². The van der Waals surface area contributed by atoms with Crippen LogP contribution in [-0.4, -0.2) is 80.6 Å². The number of likely N-dealkylation sites (N-methyl/N-ethyl adjacent to an activating group) is 1. The zero-order chi connectivity index (χ0) is 42.1. The highest BCUT2D eigenvalue weighted by molar-refractivity contribution is 5.72. The Balaban J connectivity index is 4.44. The van der Waals surface area contributed by atoms with Crippen molar-refractivity contribution in [3.63, 3.8) is 0 Å². The lowest BCUT2D eigenvalue weighted by Gasteiger charge is -2.31. The molecule has 8 nitrogen and oxygen atoms in total. The van der Waals surface area contributed by atoms with Gasteiger partial charge in [-0.2, -0.15) is 0 Å². The van der Waals surface area contributed by atoms with Gasteiger partial charge in [0, 0.05) is 19.3 Å². The summed E-state index contributed by atoms with van der Waals surface area (Å²) in [4.78, 5) is 36.9. The fraction of sp³-hybridized carbons (Fsp3) is 0.612. The zero-order valence-corrected chi connectivity index (χ0v) is 36.5. The molecule has 0 saturated heterocycles. The average Bonchev–Trinajstić information content (AvgIpc) is 3.17. The average molecular weight is 795 g/mol. The Bertz CT molecular complexity index is 1250. The standard InChI is InChI=1S/C49H79NO7/c1-6-8-10-12-14-16-18-20-21-22-23-24-25-26-27-28-30-31-33-35-37-39-47(51)56-44-45(43-55-42-41-46(49(53)54)50(3,4)5)57-48(52)40-38-36-34-32-29-19-17-15-13-11-9-7-2/h8-11,14-17,20-21,23-24,26-27,30-31,45-46H,6-7,12-13,18-19,22,25,28-29,32-44H2,1-5H3/p+1/b10-8+,11-9+,16-14+,17-15+,21-20+,24-23+,27-26+,31-30+. The minimum Gasteiger partial charge on any atom is -0.477 e. The summed E-state index contributed by atoms with van der Waals surface area (Å²) in [6.07, 6.45) is 51.7. The van der Waals surface area contributed by atoms with Gasteiger partial charge >= 0.3 is 17.9 Å². The Morgan fingerprint density at radius 2 is 0.930 bits per heavy atom. The molecule has 322 valence electrons. The quantitative estimate of drug-likeness (QED) is 0.0289. The van der Waals surface area contributed by atoms with E-state index in [1.807, 2.05) is 21.1 Å². The van der Waals surface area contributed by atoms with E-state index in [4.69, 9.17) is 14.2 Å². The van der Waals surface area contributed by atoms with Crippen molar-refractivity contribution in [1.29, 1.82) is 0 Å². The maximum absolute atomic E-state index is 12.7. The van der Waals surface area contributed by atoms with Gasteiger partial charge in [-0.15, -0.1) is 0 Å². The van der Waals surface area contributed by atoms with Crippen molar-refractivity contribution < 1.29 is 38.2 Å². The summed E-state index contributed by atoms with van der Waals surface area (Å²) in [5.74, 6) is -1.56. The Morgan fingerprint density at radius 3 is 1.40 bits per heavy atom. The van der Waals surface area contributed by atoms with Crippen LogP contribution in [0.2, 0.25) is 0 Å². The molecule has 8 heteroatoms. The number of ether oxygens (including phenoxy) is 3. The van der Waals surface area contributed by atoms with Crippen LogP contribution in [-0.2, 0) is 28.6 Å². The molecule has 0 radical (unpaired) electrons. The molecule has 0 saturated carbocycles. The summed E-state index contributed by atoms with van der Waals surface area (Å²) < 4.78 is 17.2. The van der Waals surface area contributed by atoms with E-state index in [0.717, 1.165) is 103 Å². The molecule has 2 atom stereocenters. The van der Waals surface area contributed by atoms with Crippen molar-refractivity contribution in [3.8, 4) is 0 Å². The molecule has 0 aromatic heterocycles. The fourth-order valence-electron chi connectivity index (χ4n) is 5.66. The number of hydrogen-bond donors (Lipinski definition) is 1. The van der Waals surface area contributed by atoms with E-state index >= 15 is 0 Å². The van der Waals surface area contributed by atoms with E-state index in [1.54, 1.807) is 0 Å². The number of carbonyl (C=O) groups excluding carboxylic acids is 2. The molecule has 0 amide bonds. The highest BCUT2D eigenvalue weighted by Crippen LogP contribution is 2.12. The van der Waals surface area contributed by atoms with Crippen molar-refractivity contribution in [1.82, 2.24) is 0 Å². The van der Waals surface area contributed by atoms with Crippen molar-refractivity contribution >= 4 is 17.9 Å². The molecule has 0 rings (SSSR count). The minimum absolute atomic E-state index is 0.0347. The number of allylic oxidation sites excluding steroid dienone is 16. The van der Waals surface area contributed by atoms with Crippen LogP contribution in [0.25, 0.3) is 0 Å². The summed E-state index contributed by atoms with van der Waals surface area (Å²) in [6.45, 7) is 4.42. The number of hydrogen-bond acceptors (Lipinski definition) is 6. The van der Waals surface area contributed by atoms with Crippen LogP contribution in [0.4, 0.5) is 0 Å². The van der Waals surface area contributed by atoms with Crippen molar-refractivity contribution in [3.05, 3.63) is 97.2 Å². The smallest absolute Gasteiger partial charge is 0.362 e. The number of unbranched alkanes of at least 4 members (excludes halogenated alkanes) is 7. The molecule has 0 aromatic carbocycles. The number of carbonyl (C=O) groups is 3. The van der Waals surface area contributed by atoms with Crippen LogP contribution in [0.1, 0.15) is 142 Å². The predicted molar refractivity (Wildman–Crippen MR) is 238 cm³/mol. The molecule has 0 aliphatic rings. The lowest BCUT2D eigenvalue weighted by Crippen LogP contribution is -2.50. The normalized spacial score (nSPS) is 13.9. The summed E-state index contributed by atoms with van der Waals surface area (Å²) in [5, 5.41) is 9.61. The lowest BCUT2D eigenvalue weighted by atomic mass is 10.1. The summed E-state index contributed by atoms with van der Waals surface area (Å²) >= 11 is 0. The third-order valence-corrected chi connectivity index (χ3v) is 8.98. The van der Waals surface area contributed by atoms with Crippen LogP contribution in [0.5, 0.6) is 0 Å². The zero-order valence-electron chi connectivity index (χ0n) is 36.5. The van der Waals surface area contributed by atoms with Crippen molar-refractivity contribution in [2.75, 3.05) is 41.0 Å². The van der Waals surface area contributed by atoms with Crippen LogP contribution in [0.3, 0.4) is 0 Å². The number of carboxylic acids is 1. The van der Waals surface area contributed by atoms with Crippen molar-refractivity contribution in [2.24, 2.45) is 0 Å². The number of aliphatic carboxylic acids is 1. The second-order valence-corrected chi connectivity index (χ2v) is 15.2. The van der Waals surface area contributed by atoms with Crippen LogP contribution in [0.15, 0.2) is 97.2 Å². The van der Waals surface area contributed by atoms with E-state index < -0.39 is 18.1 Å². The van der Waals surface area contributed by atoms with Gasteiger partial charge in [0.25, 0.3) is 0 Å². The van der Waals surface area contributed by atoms with Gasteiger partial charge in [0.05, 0.1) is 34.4 Å². The lowest BCUT2D eigenvalue weighted by molar-refractivity contribution is -0.887. The number of nitrogens with zero attached hydrogens (tertiary/aromatic N) is 1. The Hall–Kier alpha value is -3.75. The molecule has 0 bridgehead atoms. The van der Waals surface area contributed by atoms with Crippen LogP contribution >= 0.6 is 0 Å². The first kappa shape index (κ1) is 53.2. The molecule has 0 aromatic rings. The van der Waals surface area contributed by atoms with Gasteiger partial charge in [-0.25, -0.2) is 4.79 Å². The maximum Gasteiger partial charge on any atom is 0.362 e. The third-order valence-electron chi connectivity index (χ3n) is 8.98.